The van der Waals surface area contributed by atoms with Crippen molar-refractivity contribution in [2.75, 3.05) is 23.7 Å². The van der Waals surface area contributed by atoms with Gasteiger partial charge in [-0.15, -0.1) is 0 Å². The Kier molecular flexibility index (Phi) is 9.13. The number of benzene rings is 2. The fourth-order valence-corrected chi connectivity index (χ4v) is 4.19. The molecule has 34 heavy (non-hydrogen) atoms. The second-order valence-corrected chi connectivity index (χ2v) is 10.1. The van der Waals surface area contributed by atoms with Crippen molar-refractivity contribution in [1.29, 1.82) is 0 Å². The summed E-state index contributed by atoms with van der Waals surface area (Å²) in [5.41, 5.74) is 0.645. The number of nitrogens with one attached hydrogen (secondary N) is 1. The molecule has 2 aromatic carbocycles. The van der Waals surface area contributed by atoms with E-state index in [1.165, 1.54) is 23.1 Å². The summed E-state index contributed by atoms with van der Waals surface area (Å²) in [4.78, 5) is 37.9. The molecule has 0 aliphatic heterocycles. The summed E-state index contributed by atoms with van der Waals surface area (Å²) in [6.07, 6.45) is 1.38. The third-order valence-electron chi connectivity index (χ3n) is 5.09. The van der Waals surface area contributed by atoms with Gasteiger partial charge in [0.1, 0.15) is 12.6 Å². The lowest BCUT2D eigenvalue weighted by molar-refractivity contribution is -0.384. The van der Waals surface area contributed by atoms with Gasteiger partial charge in [0.15, 0.2) is 0 Å². The number of anilines is 1. The van der Waals surface area contributed by atoms with Gasteiger partial charge in [-0.1, -0.05) is 36.4 Å². The lowest BCUT2D eigenvalue weighted by Gasteiger charge is -2.31. The van der Waals surface area contributed by atoms with Gasteiger partial charge in [0.25, 0.3) is 5.69 Å². The van der Waals surface area contributed by atoms with Gasteiger partial charge >= 0.3 is 0 Å². The number of non-ortho nitro benzene ring substituents is 1. The molecule has 0 bridgehead atoms. The van der Waals surface area contributed by atoms with Gasteiger partial charge in [0, 0.05) is 24.7 Å². The average Bonchev–Trinajstić information content (AvgIpc) is 2.77. The molecular weight excluding hydrogens is 460 g/mol. The van der Waals surface area contributed by atoms with E-state index in [1.807, 2.05) is 30.3 Å². The minimum Gasteiger partial charge on any atom is -0.352 e. The topological polar surface area (TPSA) is 130 Å². The lowest BCUT2D eigenvalue weighted by Crippen LogP contribution is -2.53. The van der Waals surface area contributed by atoms with Crippen LogP contribution < -0.4 is 9.62 Å². The number of sulfonamides is 1. The van der Waals surface area contributed by atoms with Crippen LogP contribution in [-0.4, -0.2) is 61.5 Å². The first kappa shape index (κ1) is 26.8. The molecule has 184 valence electrons. The Morgan fingerprint density at radius 2 is 1.71 bits per heavy atom. The van der Waals surface area contributed by atoms with Crippen molar-refractivity contribution in [2.24, 2.45) is 0 Å². The number of nitro groups is 1. The second kappa shape index (κ2) is 11.6. The van der Waals surface area contributed by atoms with E-state index < -0.39 is 33.4 Å². The highest BCUT2D eigenvalue weighted by molar-refractivity contribution is 7.92. The number of carbonyl (C=O) groups excluding carboxylic acids is 2. The minimum absolute atomic E-state index is 0.00709. The number of amides is 2. The van der Waals surface area contributed by atoms with E-state index in [0.29, 0.717) is 6.42 Å². The smallest absolute Gasteiger partial charge is 0.271 e. The van der Waals surface area contributed by atoms with Crippen molar-refractivity contribution in [3.05, 3.63) is 70.3 Å². The summed E-state index contributed by atoms with van der Waals surface area (Å²) in [5.74, 6) is -0.961. The van der Waals surface area contributed by atoms with Crippen molar-refractivity contribution in [3.63, 3.8) is 0 Å². The van der Waals surface area contributed by atoms with Crippen LogP contribution in [-0.2, 0) is 26.0 Å². The van der Waals surface area contributed by atoms with Crippen molar-refractivity contribution in [1.82, 2.24) is 10.2 Å². The zero-order valence-corrected chi connectivity index (χ0v) is 20.5. The average molecular weight is 491 g/mol. The molecule has 0 fully saturated rings. The molecular formula is C23H30N4O6S. The Balaban J connectivity index is 2.35. The predicted octanol–water partition coefficient (Wildman–Crippen LogP) is 2.35. The molecule has 0 aliphatic rings. The van der Waals surface area contributed by atoms with Crippen molar-refractivity contribution in [3.8, 4) is 0 Å². The molecule has 1 N–H and O–H groups in total. The first-order valence-corrected chi connectivity index (χ1v) is 12.6. The van der Waals surface area contributed by atoms with Crippen LogP contribution >= 0.6 is 0 Å². The van der Waals surface area contributed by atoms with Gasteiger partial charge in [0.2, 0.25) is 21.8 Å². The first-order chi connectivity index (χ1) is 15.9. The third-order valence-corrected chi connectivity index (χ3v) is 6.23. The maximum atomic E-state index is 13.4. The molecule has 2 aromatic rings. The Morgan fingerprint density at radius 3 is 2.26 bits per heavy atom. The standard InChI is InChI=1S/C23H30N4O6S/c1-17(2)24-23(29)18(3)25(14-13-19-9-6-5-7-10-19)22(28)16-26(34(4,32)33)20-11-8-12-21(15-20)27(30)31/h5-12,15,17-18H,13-14,16H2,1-4H3,(H,24,29)/t18-/m0/s1. The predicted molar refractivity (Wildman–Crippen MR) is 130 cm³/mol. The van der Waals surface area contributed by atoms with Crippen LogP contribution in [0.4, 0.5) is 11.4 Å². The zero-order valence-electron chi connectivity index (χ0n) is 19.7. The maximum Gasteiger partial charge on any atom is 0.271 e. The summed E-state index contributed by atoms with van der Waals surface area (Å²) in [6.45, 7) is 4.76. The summed E-state index contributed by atoms with van der Waals surface area (Å²) in [5, 5.41) is 13.9. The zero-order chi connectivity index (χ0) is 25.5. The Bertz CT molecular complexity index is 1120. The Morgan fingerprint density at radius 1 is 1.06 bits per heavy atom. The SMILES string of the molecule is CC(C)NC(=O)[C@H](C)N(CCc1ccccc1)C(=O)CN(c1cccc([N+](=O)[O-])c1)S(C)(=O)=O. The number of nitrogens with zero attached hydrogens (tertiary/aromatic N) is 3. The van der Waals surface area contributed by atoms with Crippen molar-refractivity contribution in [2.45, 2.75) is 39.3 Å². The normalized spacial score (nSPS) is 12.1. The first-order valence-electron chi connectivity index (χ1n) is 10.8. The van der Waals surface area contributed by atoms with Crippen LogP contribution in [0.2, 0.25) is 0 Å². The van der Waals surface area contributed by atoms with E-state index in [2.05, 4.69) is 5.32 Å². The summed E-state index contributed by atoms with van der Waals surface area (Å²) in [6, 6.07) is 13.5. The maximum absolute atomic E-state index is 13.4. The molecule has 0 spiro atoms. The van der Waals surface area contributed by atoms with Crippen LogP contribution in [0.5, 0.6) is 0 Å². The second-order valence-electron chi connectivity index (χ2n) is 8.21. The molecule has 0 unspecified atom stereocenters. The highest BCUT2D eigenvalue weighted by Crippen LogP contribution is 2.23. The van der Waals surface area contributed by atoms with Crippen LogP contribution in [0.3, 0.4) is 0 Å². The fraction of sp³-hybridized carbons (Fsp3) is 0.391. The number of hydrogen-bond acceptors (Lipinski definition) is 6. The van der Waals surface area contributed by atoms with E-state index >= 15 is 0 Å². The Hall–Kier alpha value is -3.47. The fourth-order valence-electron chi connectivity index (χ4n) is 3.35. The van der Waals surface area contributed by atoms with E-state index in [4.69, 9.17) is 0 Å². The van der Waals surface area contributed by atoms with E-state index in [-0.39, 0.29) is 29.9 Å². The number of hydrogen-bond donors (Lipinski definition) is 1. The number of carbonyl (C=O) groups is 2. The monoisotopic (exact) mass is 490 g/mol. The van der Waals surface area contributed by atoms with Gasteiger partial charge in [-0.3, -0.25) is 24.0 Å². The molecule has 2 amide bonds. The molecule has 1 atom stereocenters. The molecule has 10 nitrogen and oxygen atoms in total. The molecule has 0 aromatic heterocycles. The highest BCUT2D eigenvalue weighted by atomic mass is 32.2. The van der Waals surface area contributed by atoms with Crippen molar-refractivity contribution < 1.29 is 22.9 Å². The molecule has 11 heteroatoms. The van der Waals surface area contributed by atoms with E-state index in [9.17, 15) is 28.1 Å². The minimum atomic E-state index is -3.96. The molecule has 0 saturated heterocycles. The lowest BCUT2D eigenvalue weighted by atomic mass is 10.1. The quantitative estimate of drug-likeness (QED) is 0.380. The van der Waals surface area contributed by atoms with Gasteiger partial charge in [-0.2, -0.15) is 0 Å². The van der Waals surface area contributed by atoms with Crippen LogP contribution in [0.1, 0.15) is 26.3 Å². The van der Waals surface area contributed by atoms with E-state index in [0.717, 1.165) is 22.2 Å². The van der Waals surface area contributed by atoms with Gasteiger partial charge < -0.3 is 10.2 Å². The summed E-state index contributed by atoms with van der Waals surface area (Å²) in [7, 11) is -3.96. The summed E-state index contributed by atoms with van der Waals surface area (Å²) >= 11 is 0. The third kappa shape index (κ3) is 7.55. The largest absolute Gasteiger partial charge is 0.352 e. The number of nitro benzene ring substituents is 1. The highest BCUT2D eigenvalue weighted by Gasteiger charge is 2.30. The van der Waals surface area contributed by atoms with Gasteiger partial charge in [-0.05, 0) is 38.8 Å². The van der Waals surface area contributed by atoms with Crippen LogP contribution in [0.15, 0.2) is 54.6 Å². The molecule has 2 rings (SSSR count). The van der Waals surface area contributed by atoms with Gasteiger partial charge in [0.05, 0.1) is 16.9 Å². The number of rotatable bonds is 11. The Labute approximate surface area is 199 Å². The molecule has 0 saturated carbocycles. The van der Waals surface area contributed by atoms with E-state index in [1.54, 1.807) is 20.8 Å². The summed E-state index contributed by atoms with van der Waals surface area (Å²) < 4.78 is 25.8. The molecule has 0 heterocycles. The molecule has 0 aliphatic carbocycles. The van der Waals surface area contributed by atoms with Crippen molar-refractivity contribution >= 4 is 33.2 Å². The van der Waals surface area contributed by atoms with Gasteiger partial charge in [-0.25, -0.2) is 8.42 Å². The van der Waals surface area contributed by atoms with Crippen LogP contribution in [0.25, 0.3) is 0 Å². The molecule has 0 radical (unpaired) electrons. The van der Waals surface area contributed by atoms with Crippen LogP contribution in [0, 0.1) is 10.1 Å².